The number of anilines is 6. The number of hydrogen-bond donors (Lipinski definition) is 0. The molecule has 2 nitrogen and oxygen atoms in total. The van der Waals surface area contributed by atoms with Crippen LogP contribution in [0.25, 0.3) is 88.3 Å². The standard InChI is InChI=1S/C74H52N2/c1-5-19-53(20-6-1)62-47-63(54-21-7-2-8-22-54)49-64(48-62)59-39-45-68(46-40-59)75(73-33-17-29-60-27-13-15-31-71(60)73)67-41-35-57(36-42-67)58-37-43-69(44-38-58)76(74-34-18-30-61-28-14-16-32-72(61)74)70-51-65(55-23-9-3-10-24-55)50-66(52-70)56-25-11-4-12-26-56/h1-52H. The Bertz CT molecular complexity index is 3990. The summed E-state index contributed by atoms with van der Waals surface area (Å²) in [5, 5.41) is 4.78. The maximum Gasteiger partial charge on any atom is 0.0540 e. The highest BCUT2D eigenvalue weighted by molar-refractivity contribution is 6.01. The van der Waals surface area contributed by atoms with Crippen LogP contribution in [0.15, 0.2) is 315 Å². The summed E-state index contributed by atoms with van der Waals surface area (Å²) in [4.78, 5) is 4.81. The molecule has 13 aromatic rings. The summed E-state index contributed by atoms with van der Waals surface area (Å²) in [5.74, 6) is 0. The highest BCUT2D eigenvalue weighted by Crippen LogP contribution is 2.45. The topological polar surface area (TPSA) is 6.48 Å². The molecule has 13 rings (SSSR count). The molecule has 0 aliphatic heterocycles. The van der Waals surface area contributed by atoms with Crippen molar-refractivity contribution in [2.24, 2.45) is 0 Å². The first-order chi connectivity index (χ1) is 37.7. The van der Waals surface area contributed by atoms with Gasteiger partial charge in [0.1, 0.15) is 0 Å². The van der Waals surface area contributed by atoms with Crippen LogP contribution >= 0.6 is 0 Å². The smallest absolute Gasteiger partial charge is 0.0540 e. The molecule has 0 unspecified atom stereocenters. The minimum Gasteiger partial charge on any atom is -0.310 e. The Labute approximate surface area is 445 Å². The lowest BCUT2D eigenvalue weighted by Gasteiger charge is -2.28. The zero-order chi connectivity index (χ0) is 50.6. The van der Waals surface area contributed by atoms with E-state index in [-0.39, 0.29) is 0 Å². The van der Waals surface area contributed by atoms with Gasteiger partial charge in [-0.25, -0.2) is 0 Å². The van der Waals surface area contributed by atoms with E-state index >= 15 is 0 Å². The van der Waals surface area contributed by atoms with Crippen molar-refractivity contribution in [1.82, 2.24) is 0 Å². The largest absolute Gasteiger partial charge is 0.310 e. The van der Waals surface area contributed by atoms with Crippen LogP contribution in [0.1, 0.15) is 0 Å². The van der Waals surface area contributed by atoms with Crippen molar-refractivity contribution in [2.75, 3.05) is 9.80 Å². The van der Waals surface area contributed by atoms with E-state index in [1.165, 1.54) is 71.6 Å². The summed E-state index contributed by atoms with van der Waals surface area (Å²) < 4.78 is 0. The van der Waals surface area contributed by atoms with Gasteiger partial charge in [0.25, 0.3) is 0 Å². The van der Waals surface area contributed by atoms with Gasteiger partial charge in [-0.2, -0.15) is 0 Å². The zero-order valence-electron chi connectivity index (χ0n) is 41.9. The highest BCUT2D eigenvalue weighted by atomic mass is 15.1. The monoisotopic (exact) mass is 968 g/mol. The molecule has 0 amide bonds. The predicted octanol–water partition coefficient (Wildman–Crippen LogP) is 20.9. The first kappa shape index (κ1) is 45.8. The second kappa shape index (κ2) is 20.5. The maximum atomic E-state index is 2.42. The summed E-state index contributed by atoms with van der Waals surface area (Å²) in [6.07, 6.45) is 0. The van der Waals surface area contributed by atoms with E-state index < -0.39 is 0 Å². The fourth-order valence-corrected chi connectivity index (χ4v) is 10.8. The van der Waals surface area contributed by atoms with Crippen molar-refractivity contribution in [1.29, 1.82) is 0 Å². The van der Waals surface area contributed by atoms with E-state index in [1.807, 2.05) is 0 Å². The highest BCUT2D eigenvalue weighted by Gasteiger charge is 2.20. The molecular weight excluding hydrogens is 917 g/mol. The van der Waals surface area contributed by atoms with Crippen molar-refractivity contribution in [3.05, 3.63) is 315 Å². The first-order valence-corrected chi connectivity index (χ1v) is 26.1. The Balaban J connectivity index is 0.874. The summed E-state index contributed by atoms with van der Waals surface area (Å²) in [7, 11) is 0. The maximum absolute atomic E-state index is 2.42. The third-order valence-electron chi connectivity index (χ3n) is 14.6. The number of nitrogens with zero attached hydrogens (tertiary/aromatic N) is 2. The number of hydrogen-bond acceptors (Lipinski definition) is 2. The van der Waals surface area contributed by atoms with Crippen molar-refractivity contribution < 1.29 is 0 Å². The van der Waals surface area contributed by atoms with Crippen LogP contribution in [0, 0.1) is 0 Å². The third-order valence-corrected chi connectivity index (χ3v) is 14.6. The second-order valence-electron chi connectivity index (χ2n) is 19.3. The molecule has 0 atom stereocenters. The molecular formula is C74H52N2. The minimum absolute atomic E-state index is 1.08. The average molecular weight is 969 g/mol. The van der Waals surface area contributed by atoms with Crippen LogP contribution in [0.5, 0.6) is 0 Å². The molecule has 0 radical (unpaired) electrons. The Morgan fingerprint density at radius 2 is 0.408 bits per heavy atom. The Hall–Kier alpha value is -10.0. The SMILES string of the molecule is c1ccc(-c2cc(-c3ccccc3)cc(-c3ccc(N(c4ccc(-c5ccc(N(c6cc(-c7ccccc7)cc(-c7ccccc7)c6)c6cccc7ccccc67)cc5)cc4)c4cccc5ccccc45)cc3)c2)cc1. The van der Waals surface area contributed by atoms with Gasteiger partial charge in [0.15, 0.2) is 0 Å². The van der Waals surface area contributed by atoms with Gasteiger partial charge in [-0.15, -0.1) is 0 Å². The van der Waals surface area contributed by atoms with Gasteiger partial charge in [-0.3, -0.25) is 0 Å². The predicted molar refractivity (Wildman–Crippen MR) is 323 cm³/mol. The molecule has 0 spiro atoms. The molecule has 358 valence electrons. The quantitative estimate of drug-likeness (QED) is 0.120. The van der Waals surface area contributed by atoms with E-state index in [2.05, 4.69) is 325 Å². The fourth-order valence-electron chi connectivity index (χ4n) is 10.8. The molecule has 0 N–H and O–H groups in total. The zero-order valence-corrected chi connectivity index (χ0v) is 41.9. The molecule has 0 heterocycles. The molecule has 13 aromatic carbocycles. The Morgan fingerprint density at radius 1 is 0.158 bits per heavy atom. The van der Waals surface area contributed by atoms with Gasteiger partial charge < -0.3 is 9.80 Å². The van der Waals surface area contributed by atoms with Gasteiger partial charge in [0.2, 0.25) is 0 Å². The normalized spacial score (nSPS) is 11.2. The Kier molecular flexibility index (Phi) is 12.3. The summed E-state index contributed by atoms with van der Waals surface area (Å²) in [6.45, 7) is 0. The lowest BCUT2D eigenvalue weighted by molar-refractivity contribution is 1.29. The van der Waals surface area contributed by atoms with Crippen molar-refractivity contribution in [3.63, 3.8) is 0 Å². The van der Waals surface area contributed by atoms with Gasteiger partial charge in [0, 0.05) is 33.5 Å². The van der Waals surface area contributed by atoms with Crippen LogP contribution in [0.3, 0.4) is 0 Å². The minimum atomic E-state index is 1.08. The molecule has 0 aliphatic rings. The van der Waals surface area contributed by atoms with E-state index in [1.54, 1.807) is 0 Å². The molecule has 0 aliphatic carbocycles. The third kappa shape index (κ3) is 9.21. The van der Waals surface area contributed by atoms with Gasteiger partial charge in [-0.1, -0.05) is 231 Å². The van der Waals surface area contributed by atoms with E-state index in [9.17, 15) is 0 Å². The van der Waals surface area contributed by atoms with Crippen LogP contribution in [-0.2, 0) is 0 Å². The van der Waals surface area contributed by atoms with Crippen LogP contribution < -0.4 is 9.80 Å². The van der Waals surface area contributed by atoms with Crippen LogP contribution in [0.4, 0.5) is 34.1 Å². The van der Waals surface area contributed by atoms with Crippen molar-refractivity contribution in [2.45, 2.75) is 0 Å². The van der Waals surface area contributed by atoms with Crippen LogP contribution in [0.2, 0.25) is 0 Å². The van der Waals surface area contributed by atoms with Gasteiger partial charge in [0.05, 0.1) is 11.4 Å². The number of benzene rings is 13. The Morgan fingerprint density at radius 3 is 0.750 bits per heavy atom. The van der Waals surface area contributed by atoms with E-state index in [0.717, 1.165) is 50.8 Å². The van der Waals surface area contributed by atoms with E-state index in [4.69, 9.17) is 0 Å². The molecule has 0 saturated heterocycles. The first-order valence-electron chi connectivity index (χ1n) is 26.1. The van der Waals surface area contributed by atoms with Gasteiger partial charge >= 0.3 is 0 Å². The van der Waals surface area contributed by atoms with Crippen molar-refractivity contribution >= 4 is 55.7 Å². The second-order valence-corrected chi connectivity index (χ2v) is 19.3. The van der Waals surface area contributed by atoms with E-state index in [0.29, 0.717) is 0 Å². The summed E-state index contributed by atoms with van der Waals surface area (Å²) in [5.41, 5.74) is 20.7. The molecule has 0 bridgehead atoms. The molecule has 0 fully saturated rings. The number of fused-ring (bicyclic) bond motifs is 2. The lowest BCUT2D eigenvalue weighted by Crippen LogP contribution is -2.11. The average Bonchev–Trinajstić information content (AvgIpc) is 3.51. The van der Waals surface area contributed by atoms with Crippen LogP contribution in [-0.4, -0.2) is 0 Å². The molecule has 76 heavy (non-hydrogen) atoms. The van der Waals surface area contributed by atoms with Crippen molar-refractivity contribution in [3.8, 4) is 66.8 Å². The molecule has 2 heteroatoms. The molecule has 0 saturated carbocycles. The van der Waals surface area contributed by atoms with Gasteiger partial charge in [-0.05, 0) is 162 Å². The fraction of sp³-hybridized carbons (Fsp3) is 0. The number of rotatable bonds is 12. The summed E-state index contributed by atoms with van der Waals surface area (Å²) >= 11 is 0. The lowest BCUT2D eigenvalue weighted by atomic mass is 9.93. The molecule has 0 aromatic heterocycles. The summed E-state index contributed by atoms with van der Waals surface area (Å²) in [6, 6.07) is 114.